The summed E-state index contributed by atoms with van der Waals surface area (Å²) in [5.41, 5.74) is 0.292. The van der Waals surface area contributed by atoms with E-state index in [0.29, 0.717) is 34.5 Å². The van der Waals surface area contributed by atoms with Gasteiger partial charge in [-0.2, -0.15) is 13.2 Å². The van der Waals surface area contributed by atoms with Gasteiger partial charge in [-0.3, -0.25) is 13.9 Å². The summed E-state index contributed by atoms with van der Waals surface area (Å²) in [4.78, 5) is 29.4. The fraction of sp³-hybridized carbons (Fsp3) is 0.278. The average Bonchev–Trinajstić information content (AvgIpc) is 3.06. The van der Waals surface area contributed by atoms with E-state index in [4.69, 9.17) is 23.2 Å². The second kappa shape index (κ2) is 16.6. The van der Waals surface area contributed by atoms with E-state index in [1.165, 1.54) is 23.1 Å². The van der Waals surface area contributed by atoms with Gasteiger partial charge < -0.3 is 10.2 Å². The number of hydrogen-bond donors (Lipinski definition) is 1. The fourth-order valence-electron chi connectivity index (χ4n) is 5.12. The number of nitrogens with one attached hydrogen (secondary N) is 1. The Balaban J connectivity index is 1.86. The molecule has 0 fully saturated rings. The third-order valence-corrected chi connectivity index (χ3v) is 10.3. The normalized spacial score (nSPS) is 12.3. The number of benzene rings is 4. The van der Waals surface area contributed by atoms with Gasteiger partial charge in [0.05, 0.1) is 16.1 Å². The molecule has 1 atom stereocenters. The van der Waals surface area contributed by atoms with Crippen LogP contribution in [0, 0.1) is 6.92 Å². The lowest BCUT2D eigenvalue weighted by Crippen LogP contribution is -2.53. The molecule has 4 aromatic carbocycles. The van der Waals surface area contributed by atoms with E-state index in [1.807, 2.05) is 6.92 Å². The van der Waals surface area contributed by atoms with Crippen LogP contribution >= 0.6 is 23.2 Å². The van der Waals surface area contributed by atoms with E-state index in [2.05, 4.69) is 5.32 Å². The number of alkyl halides is 3. The van der Waals surface area contributed by atoms with Crippen LogP contribution < -0.4 is 9.62 Å². The van der Waals surface area contributed by atoms with Crippen LogP contribution in [0.3, 0.4) is 0 Å². The molecule has 0 aliphatic carbocycles. The Morgan fingerprint density at radius 3 is 2.12 bits per heavy atom. The van der Waals surface area contributed by atoms with Crippen LogP contribution in [0.5, 0.6) is 0 Å². The number of carbonyl (C=O) groups is 2. The first-order chi connectivity index (χ1) is 23.2. The molecule has 0 saturated carbocycles. The SMILES string of the molecule is CCCCNC(=O)C(Cc1ccccc1)N(Cc1c(Cl)cccc1Cl)C(=O)CN(c1cccc(C(F)(F)F)c1)S(=O)(=O)c1ccc(C)cc1. The maximum atomic E-state index is 14.6. The van der Waals surface area contributed by atoms with Crippen LogP contribution in [0.25, 0.3) is 0 Å². The van der Waals surface area contributed by atoms with Crippen molar-refractivity contribution >= 4 is 50.7 Å². The molecule has 0 radical (unpaired) electrons. The largest absolute Gasteiger partial charge is 0.416 e. The van der Waals surface area contributed by atoms with E-state index in [1.54, 1.807) is 67.6 Å². The Kier molecular flexibility index (Phi) is 12.8. The topological polar surface area (TPSA) is 86.8 Å². The summed E-state index contributed by atoms with van der Waals surface area (Å²) in [7, 11) is -4.61. The van der Waals surface area contributed by atoms with Gasteiger partial charge in [0.25, 0.3) is 10.0 Å². The number of amides is 2. The molecule has 4 rings (SSSR count). The lowest BCUT2D eigenvalue weighted by atomic mass is 10.0. The highest BCUT2D eigenvalue weighted by Gasteiger charge is 2.37. The van der Waals surface area contributed by atoms with Crippen LogP contribution in [0.1, 0.15) is 42.0 Å². The molecule has 1 N–H and O–H groups in total. The number of aryl methyl sites for hydroxylation is 1. The summed E-state index contributed by atoms with van der Waals surface area (Å²) in [5.74, 6) is -1.36. The van der Waals surface area contributed by atoms with Crippen molar-refractivity contribution in [2.45, 2.75) is 56.8 Å². The first-order valence-electron chi connectivity index (χ1n) is 15.5. The first-order valence-corrected chi connectivity index (χ1v) is 17.7. The van der Waals surface area contributed by atoms with Crippen LogP contribution in [-0.4, -0.2) is 44.3 Å². The Morgan fingerprint density at radius 1 is 0.878 bits per heavy atom. The zero-order valence-corrected chi connectivity index (χ0v) is 29.2. The van der Waals surface area contributed by atoms with Gasteiger partial charge >= 0.3 is 6.18 Å². The number of hydrogen-bond acceptors (Lipinski definition) is 4. The lowest BCUT2D eigenvalue weighted by molar-refractivity contribution is -0.140. The zero-order chi connectivity index (χ0) is 35.8. The Labute approximate surface area is 294 Å². The van der Waals surface area contributed by atoms with Crippen LogP contribution in [0.4, 0.5) is 18.9 Å². The number of anilines is 1. The number of rotatable bonds is 14. The molecular weight excluding hydrogens is 698 g/mol. The Bertz CT molecular complexity index is 1840. The molecule has 0 heterocycles. The molecule has 0 saturated heterocycles. The molecule has 0 aliphatic heterocycles. The predicted octanol–water partition coefficient (Wildman–Crippen LogP) is 8.07. The Morgan fingerprint density at radius 2 is 1.51 bits per heavy atom. The summed E-state index contributed by atoms with van der Waals surface area (Å²) in [6, 6.07) is 22.0. The summed E-state index contributed by atoms with van der Waals surface area (Å²) >= 11 is 13.0. The molecule has 0 aliphatic rings. The minimum atomic E-state index is -4.79. The Hall–Kier alpha value is -4.06. The van der Waals surface area contributed by atoms with Crippen molar-refractivity contribution in [3.05, 3.63) is 129 Å². The van der Waals surface area contributed by atoms with Crippen molar-refractivity contribution in [1.82, 2.24) is 10.2 Å². The van der Waals surface area contributed by atoms with Crippen LogP contribution in [0.15, 0.2) is 102 Å². The van der Waals surface area contributed by atoms with Crippen molar-refractivity contribution in [2.75, 3.05) is 17.4 Å². The number of carbonyl (C=O) groups excluding carboxylic acids is 2. The lowest BCUT2D eigenvalue weighted by Gasteiger charge is -2.34. The molecule has 0 aromatic heterocycles. The molecule has 49 heavy (non-hydrogen) atoms. The molecule has 4 aromatic rings. The number of nitrogens with zero attached hydrogens (tertiary/aromatic N) is 2. The van der Waals surface area contributed by atoms with Gasteiger partial charge in [0.1, 0.15) is 12.6 Å². The molecular formula is C36H36Cl2F3N3O4S. The van der Waals surface area contributed by atoms with Gasteiger partial charge in [0, 0.05) is 35.1 Å². The molecule has 0 bridgehead atoms. The van der Waals surface area contributed by atoms with E-state index in [9.17, 15) is 31.2 Å². The quantitative estimate of drug-likeness (QED) is 0.133. The van der Waals surface area contributed by atoms with Crippen molar-refractivity contribution < 1.29 is 31.2 Å². The highest BCUT2D eigenvalue weighted by Crippen LogP contribution is 2.34. The molecule has 7 nitrogen and oxygen atoms in total. The monoisotopic (exact) mass is 733 g/mol. The molecule has 0 spiro atoms. The average molecular weight is 735 g/mol. The predicted molar refractivity (Wildman–Crippen MR) is 186 cm³/mol. The third-order valence-electron chi connectivity index (χ3n) is 7.84. The highest BCUT2D eigenvalue weighted by molar-refractivity contribution is 7.92. The summed E-state index contributed by atoms with van der Waals surface area (Å²) < 4.78 is 70.4. The molecule has 2 amide bonds. The van der Waals surface area contributed by atoms with Crippen LogP contribution in [0.2, 0.25) is 10.0 Å². The fourth-order valence-corrected chi connectivity index (χ4v) is 7.04. The highest BCUT2D eigenvalue weighted by atomic mass is 35.5. The van der Waals surface area contributed by atoms with Gasteiger partial charge in [-0.1, -0.05) is 96.7 Å². The first kappa shape index (κ1) is 37.8. The van der Waals surface area contributed by atoms with Crippen molar-refractivity contribution in [1.29, 1.82) is 0 Å². The van der Waals surface area contributed by atoms with Gasteiger partial charge in [-0.25, -0.2) is 8.42 Å². The minimum absolute atomic E-state index is 0.0425. The molecule has 260 valence electrons. The molecule has 13 heteroatoms. The number of unbranched alkanes of at least 4 members (excludes halogenated alkanes) is 1. The second-order valence-electron chi connectivity index (χ2n) is 11.4. The van der Waals surface area contributed by atoms with E-state index >= 15 is 0 Å². The van der Waals surface area contributed by atoms with E-state index in [-0.39, 0.29) is 33.6 Å². The van der Waals surface area contributed by atoms with Crippen molar-refractivity contribution in [2.24, 2.45) is 0 Å². The number of sulfonamides is 1. The summed E-state index contributed by atoms with van der Waals surface area (Å²) in [5, 5.41) is 3.28. The second-order valence-corrected chi connectivity index (χ2v) is 14.1. The number of halogens is 5. The zero-order valence-electron chi connectivity index (χ0n) is 26.9. The van der Waals surface area contributed by atoms with Gasteiger partial charge in [0.2, 0.25) is 11.8 Å². The maximum Gasteiger partial charge on any atom is 0.416 e. The van der Waals surface area contributed by atoms with Gasteiger partial charge in [-0.05, 0) is 61.4 Å². The standard InChI is InChI=1S/C36H36Cl2F3N3O4S/c1-3-4-20-42-35(46)33(21-26-10-6-5-7-11-26)43(23-30-31(37)14-9-15-32(30)38)34(45)24-44(28-13-8-12-27(22-28)36(39,40)41)49(47,48)29-18-16-25(2)17-19-29/h5-19,22,33H,3-4,20-21,23-24H2,1-2H3,(H,42,46). The van der Waals surface area contributed by atoms with E-state index in [0.717, 1.165) is 24.1 Å². The summed E-state index contributed by atoms with van der Waals surface area (Å²) in [6.45, 7) is 2.80. The minimum Gasteiger partial charge on any atom is -0.354 e. The molecule has 1 unspecified atom stereocenters. The smallest absolute Gasteiger partial charge is 0.354 e. The summed E-state index contributed by atoms with van der Waals surface area (Å²) in [6.07, 6.45) is -3.28. The van der Waals surface area contributed by atoms with Gasteiger partial charge in [0.15, 0.2) is 0 Å². The van der Waals surface area contributed by atoms with Crippen molar-refractivity contribution in [3.8, 4) is 0 Å². The van der Waals surface area contributed by atoms with Crippen molar-refractivity contribution in [3.63, 3.8) is 0 Å². The van der Waals surface area contributed by atoms with E-state index < -0.39 is 46.2 Å². The van der Waals surface area contributed by atoms with Gasteiger partial charge in [-0.15, -0.1) is 0 Å². The maximum absolute atomic E-state index is 14.6. The van der Waals surface area contributed by atoms with Crippen LogP contribution in [-0.2, 0) is 38.8 Å². The third kappa shape index (κ3) is 9.77.